The summed E-state index contributed by atoms with van der Waals surface area (Å²) in [6, 6.07) is 0.558. The lowest BCUT2D eigenvalue weighted by Crippen LogP contribution is -2.33. The van der Waals surface area contributed by atoms with Crippen molar-refractivity contribution in [2.75, 3.05) is 37.7 Å². The normalized spacial score (nSPS) is 20.5. The van der Waals surface area contributed by atoms with E-state index in [1.807, 2.05) is 23.5 Å². The van der Waals surface area contributed by atoms with Gasteiger partial charge in [0.15, 0.2) is 5.65 Å². The molecule has 0 radical (unpaired) electrons. The molecule has 3 aromatic heterocycles. The highest BCUT2D eigenvalue weighted by Crippen LogP contribution is 2.35. The molecule has 8 nitrogen and oxygen atoms in total. The van der Waals surface area contributed by atoms with Crippen molar-refractivity contribution >= 4 is 51.3 Å². The monoisotopic (exact) mass is 493 g/mol. The third kappa shape index (κ3) is 3.87. The van der Waals surface area contributed by atoms with Crippen LogP contribution in [0.15, 0.2) is 23.6 Å². The van der Waals surface area contributed by atoms with Crippen LogP contribution in [0.25, 0.3) is 28.0 Å². The zero-order valence-electron chi connectivity index (χ0n) is 20.7. The van der Waals surface area contributed by atoms with Crippen molar-refractivity contribution in [3.63, 3.8) is 0 Å². The smallest absolute Gasteiger partial charge is 0.345 e. The molecule has 2 saturated heterocycles. The van der Waals surface area contributed by atoms with Crippen molar-refractivity contribution in [2.45, 2.75) is 33.7 Å². The number of fused-ring (bicyclic) bond motifs is 4. The quantitative estimate of drug-likeness (QED) is 0.481. The summed E-state index contributed by atoms with van der Waals surface area (Å²) < 4.78 is 7.12. The van der Waals surface area contributed by atoms with E-state index in [9.17, 15) is 9.59 Å². The van der Waals surface area contributed by atoms with Gasteiger partial charge in [-0.2, -0.15) is 4.98 Å². The number of rotatable bonds is 6. The van der Waals surface area contributed by atoms with E-state index in [0.717, 1.165) is 36.8 Å². The van der Waals surface area contributed by atoms with Gasteiger partial charge < -0.3 is 14.5 Å². The molecule has 0 saturated carbocycles. The first-order valence-corrected chi connectivity index (χ1v) is 13.0. The average molecular weight is 494 g/mol. The van der Waals surface area contributed by atoms with Crippen molar-refractivity contribution in [3.8, 4) is 0 Å². The minimum Gasteiger partial charge on any atom is -0.462 e. The van der Waals surface area contributed by atoms with Crippen LogP contribution < -0.4 is 10.3 Å². The molecule has 184 valence electrons. The largest absolute Gasteiger partial charge is 0.462 e. The average Bonchev–Trinajstić information content (AvgIpc) is 3.51. The predicted molar refractivity (Wildman–Crippen MR) is 141 cm³/mol. The van der Waals surface area contributed by atoms with Crippen LogP contribution in [-0.2, 0) is 4.74 Å². The van der Waals surface area contributed by atoms with Gasteiger partial charge in [-0.05, 0) is 51.7 Å². The molecule has 2 aliphatic heterocycles. The molecule has 0 aliphatic carbocycles. The summed E-state index contributed by atoms with van der Waals surface area (Å²) in [6.07, 6.45) is 7.17. The fraction of sp³-hybridized carbons (Fsp3) is 0.462. The van der Waals surface area contributed by atoms with Crippen LogP contribution in [0.5, 0.6) is 0 Å². The van der Waals surface area contributed by atoms with Crippen LogP contribution in [0, 0.1) is 11.8 Å². The molecule has 0 spiro atoms. The number of carbonyl (C=O) groups excluding carboxylic acids is 1. The number of pyridine rings is 1. The molecule has 2 fully saturated rings. The molecule has 2 aliphatic rings. The topological polar surface area (TPSA) is 80.0 Å². The Balaban J connectivity index is 1.67. The Morgan fingerprint density at radius 2 is 2.00 bits per heavy atom. The minimum atomic E-state index is -0.632. The standard InChI is InChI=1S/C26H31N5O3S/c1-6-9-19-20(7-2)35-24-21(25(33)34-8-3)22(32)18-10-27-26(28-23(18)31(19)24)30-13-16-11-29(15(4)5)12-17(16)14-30/h6-7,9-10,15-17H,2,8,11-14H2,1,3-5H3/b9-6-. The molecule has 0 amide bonds. The number of anilines is 1. The second-order valence-electron chi connectivity index (χ2n) is 9.50. The van der Waals surface area contributed by atoms with Crippen LogP contribution in [-0.4, -0.2) is 64.1 Å². The number of carbonyl (C=O) groups is 1. The molecule has 0 bridgehead atoms. The Hall–Kier alpha value is -3.04. The highest BCUT2D eigenvalue weighted by atomic mass is 32.1. The third-order valence-electron chi connectivity index (χ3n) is 7.07. The van der Waals surface area contributed by atoms with E-state index in [2.05, 4.69) is 35.2 Å². The SMILES string of the molecule is C=Cc1sc2c(C(=O)OCC)c(=O)c3cnc(N4CC5CN(C(C)C)CC5C4)nc3n2c1/C=C\C. The van der Waals surface area contributed by atoms with Gasteiger partial charge in [0.2, 0.25) is 11.4 Å². The number of hydrogen-bond acceptors (Lipinski definition) is 8. The van der Waals surface area contributed by atoms with Gasteiger partial charge in [0, 0.05) is 38.4 Å². The summed E-state index contributed by atoms with van der Waals surface area (Å²) in [6.45, 7) is 16.3. The number of aromatic nitrogens is 3. The summed E-state index contributed by atoms with van der Waals surface area (Å²) in [5, 5.41) is 0.304. The molecule has 5 heterocycles. The van der Waals surface area contributed by atoms with E-state index in [0.29, 0.717) is 39.7 Å². The lowest BCUT2D eigenvalue weighted by atomic mass is 10.0. The molecule has 2 unspecified atom stereocenters. The Morgan fingerprint density at radius 3 is 2.60 bits per heavy atom. The molecule has 9 heteroatoms. The summed E-state index contributed by atoms with van der Waals surface area (Å²) in [5.74, 6) is 1.18. The summed E-state index contributed by atoms with van der Waals surface area (Å²) in [5.41, 5.74) is 0.943. The third-order valence-corrected chi connectivity index (χ3v) is 8.25. The first kappa shape index (κ1) is 23.7. The van der Waals surface area contributed by atoms with Crippen LogP contribution in [0.2, 0.25) is 0 Å². The van der Waals surface area contributed by atoms with Gasteiger partial charge in [-0.15, -0.1) is 11.3 Å². The van der Waals surface area contributed by atoms with Crippen molar-refractivity contribution in [1.82, 2.24) is 19.3 Å². The molecule has 35 heavy (non-hydrogen) atoms. The summed E-state index contributed by atoms with van der Waals surface area (Å²) in [7, 11) is 0. The Labute approximate surface area is 208 Å². The zero-order chi connectivity index (χ0) is 24.9. The molecule has 0 aromatic carbocycles. The van der Waals surface area contributed by atoms with Gasteiger partial charge in [0.25, 0.3) is 0 Å². The first-order chi connectivity index (χ1) is 16.9. The van der Waals surface area contributed by atoms with Gasteiger partial charge in [0.05, 0.1) is 22.6 Å². The summed E-state index contributed by atoms with van der Waals surface area (Å²) >= 11 is 1.34. The van der Waals surface area contributed by atoms with Crippen molar-refractivity contribution in [2.24, 2.45) is 11.8 Å². The summed E-state index contributed by atoms with van der Waals surface area (Å²) in [4.78, 5) is 41.9. The molecule has 5 rings (SSSR count). The fourth-order valence-corrected chi connectivity index (χ4v) is 6.44. The van der Waals surface area contributed by atoms with Crippen LogP contribution in [0.4, 0.5) is 5.95 Å². The lowest BCUT2D eigenvalue weighted by Gasteiger charge is -2.24. The number of thiazole rings is 1. The van der Waals surface area contributed by atoms with E-state index in [1.165, 1.54) is 11.3 Å². The molecule has 2 atom stereocenters. The Bertz CT molecular complexity index is 1390. The second-order valence-corrected chi connectivity index (χ2v) is 10.5. The highest BCUT2D eigenvalue weighted by molar-refractivity contribution is 7.18. The fourth-order valence-electron chi connectivity index (χ4n) is 5.33. The number of esters is 1. The molecular weight excluding hydrogens is 462 g/mol. The van der Waals surface area contributed by atoms with Gasteiger partial charge in [-0.25, -0.2) is 9.78 Å². The highest BCUT2D eigenvalue weighted by Gasteiger charge is 2.41. The maximum Gasteiger partial charge on any atom is 0.345 e. The zero-order valence-corrected chi connectivity index (χ0v) is 21.5. The van der Waals surface area contributed by atoms with Crippen molar-refractivity contribution < 1.29 is 9.53 Å². The minimum absolute atomic E-state index is 0.0176. The molecule has 0 N–H and O–H groups in total. The van der Waals surface area contributed by atoms with Gasteiger partial charge in [-0.1, -0.05) is 12.7 Å². The van der Waals surface area contributed by atoms with E-state index in [-0.39, 0.29) is 12.2 Å². The van der Waals surface area contributed by atoms with E-state index < -0.39 is 11.4 Å². The number of likely N-dealkylation sites (tertiary alicyclic amines) is 1. The van der Waals surface area contributed by atoms with E-state index >= 15 is 0 Å². The second kappa shape index (κ2) is 9.20. The first-order valence-electron chi connectivity index (χ1n) is 12.2. The maximum atomic E-state index is 13.5. The van der Waals surface area contributed by atoms with E-state index in [1.54, 1.807) is 19.2 Å². The number of nitrogens with zero attached hydrogens (tertiary/aromatic N) is 5. The van der Waals surface area contributed by atoms with Crippen molar-refractivity contribution in [1.29, 1.82) is 0 Å². The van der Waals surface area contributed by atoms with Crippen molar-refractivity contribution in [3.05, 3.63) is 45.2 Å². The van der Waals surface area contributed by atoms with Crippen LogP contribution >= 0.6 is 11.3 Å². The molecule has 3 aromatic rings. The van der Waals surface area contributed by atoms with Gasteiger partial charge in [0.1, 0.15) is 10.4 Å². The Morgan fingerprint density at radius 1 is 1.29 bits per heavy atom. The maximum absolute atomic E-state index is 13.5. The van der Waals surface area contributed by atoms with Crippen LogP contribution in [0.3, 0.4) is 0 Å². The predicted octanol–water partition coefficient (Wildman–Crippen LogP) is 3.93. The van der Waals surface area contributed by atoms with Gasteiger partial charge >= 0.3 is 5.97 Å². The van der Waals surface area contributed by atoms with Gasteiger partial charge in [-0.3, -0.25) is 9.20 Å². The number of allylic oxidation sites excluding steroid dienone is 1. The van der Waals surface area contributed by atoms with Crippen LogP contribution in [0.1, 0.15) is 48.6 Å². The van der Waals surface area contributed by atoms with E-state index in [4.69, 9.17) is 9.72 Å². The lowest BCUT2D eigenvalue weighted by molar-refractivity contribution is 0.0527. The Kier molecular flexibility index (Phi) is 6.23. The number of hydrogen-bond donors (Lipinski definition) is 0. The molecular formula is C26H31N5O3S. The number of ether oxygens (including phenoxy) is 1.